The lowest BCUT2D eigenvalue weighted by Gasteiger charge is -2.38. The molecule has 0 aromatic heterocycles. The van der Waals surface area contributed by atoms with Crippen molar-refractivity contribution in [3.05, 3.63) is 35.9 Å². The van der Waals surface area contributed by atoms with Crippen LogP contribution in [0.1, 0.15) is 56.4 Å². The predicted octanol–water partition coefficient (Wildman–Crippen LogP) is 3.79. The van der Waals surface area contributed by atoms with Gasteiger partial charge in [-0.25, -0.2) is 0 Å². The van der Waals surface area contributed by atoms with E-state index < -0.39 is 0 Å². The minimum atomic E-state index is 0.434. The number of nitrogens with one attached hydrogen (secondary N) is 1. The fraction of sp³-hybridized carbons (Fsp3) is 0.684. The minimum Gasteiger partial charge on any atom is -0.314 e. The second kappa shape index (κ2) is 6.93. The Kier molecular flexibility index (Phi) is 4.97. The molecule has 0 spiro atoms. The molecule has 2 heteroatoms. The van der Waals surface area contributed by atoms with Crippen molar-refractivity contribution in [3.8, 4) is 0 Å². The van der Waals surface area contributed by atoms with Crippen LogP contribution in [0.15, 0.2) is 30.3 Å². The van der Waals surface area contributed by atoms with E-state index in [9.17, 15) is 0 Å². The Balaban J connectivity index is 1.50. The lowest BCUT2D eigenvalue weighted by atomic mass is 9.79. The zero-order valence-electron chi connectivity index (χ0n) is 13.5. The number of nitrogens with zero attached hydrogens (tertiary/aromatic N) is 1. The van der Waals surface area contributed by atoms with Crippen LogP contribution in [0.2, 0.25) is 0 Å². The van der Waals surface area contributed by atoms with E-state index in [1.165, 1.54) is 70.1 Å². The van der Waals surface area contributed by atoms with Crippen molar-refractivity contribution in [2.45, 2.75) is 56.4 Å². The van der Waals surface area contributed by atoms with E-state index >= 15 is 0 Å². The van der Waals surface area contributed by atoms with E-state index in [1.54, 1.807) is 0 Å². The molecule has 3 rings (SSSR count). The summed E-state index contributed by atoms with van der Waals surface area (Å²) in [5.74, 6) is 0.753. The third kappa shape index (κ3) is 3.67. The lowest BCUT2D eigenvalue weighted by molar-refractivity contribution is 0.196. The van der Waals surface area contributed by atoms with E-state index in [2.05, 4.69) is 47.6 Å². The molecule has 1 saturated heterocycles. The summed E-state index contributed by atoms with van der Waals surface area (Å²) in [5.41, 5.74) is 1.96. The normalized spacial score (nSPS) is 26.0. The standard InChI is InChI=1S/C19H30N2/c1-20-19(11-6-3-7-12-19)13-15-21-14-10-18(16-21)17-8-4-2-5-9-17/h2,4-5,8-9,18,20H,3,6-7,10-16H2,1H3. The Labute approximate surface area is 129 Å². The van der Waals surface area contributed by atoms with Crippen LogP contribution in [0.4, 0.5) is 0 Å². The first-order valence-corrected chi connectivity index (χ1v) is 8.78. The SMILES string of the molecule is CNC1(CCN2CCC(c3ccccc3)C2)CCCCC1. The van der Waals surface area contributed by atoms with Gasteiger partial charge in [0, 0.05) is 12.1 Å². The molecule has 2 aliphatic rings. The average Bonchev–Trinajstić information content (AvgIpc) is 3.04. The minimum absolute atomic E-state index is 0.434. The van der Waals surface area contributed by atoms with Gasteiger partial charge in [-0.1, -0.05) is 49.6 Å². The van der Waals surface area contributed by atoms with Crippen LogP contribution < -0.4 is 5.32 Å². The number of hydrogen-bond acceptors (Lipinski definition) is 2. The second-order valence-corrected chi connectivity index (χ2v) is 7.04. The van der Waals surface area contributed by atoms with Gasteiger partial charge in [-0.2, -0.15) is 0 Å². The van der Waals surface area contributed by atoms with Gasteiger partial charge in [0.25, 0.3) is 0 Å². The summed E-state index contributed by atoms with van der Waals surface area (Å²) in [4.78, 5) is 2.69. The molecule has 21 heavy (non-hydrogen) atoms. The molecule has 1 aromatic rings. The summed E-state index contributed by atoms with van der Waals surface area (Å²) in [6.07, 6.45) is 9.66. The van der Waals surface area contributed by atoms with Crippen molar-refractivity contribution in [1.29, 1.82) is 0 Å². The summed E-state index contributed by atoms with van der Waals surface area (Å²) in [6, 6.07) is 11.1. The Morgan fingerprint density at radius 1 is 1.14 bits per heavy atom. The van der Waals surface area contributed by atoms with E-state index in [4.69, 9.17) is 0 Å². The monoisotopic (exact) mass is 286 g/mol. The van der Waals surface area contributed by atoms with Gasteiger partial charge in [-0.3, -0.25) is 0 Å². The molecule has 0 radical (unpaired) electrons. The smallest absolute Gasteiger partial charge is 0.0190 e. The largest absolute Gasteiger partial charge is 0.314 e. The quantitative estimate of drug-likeness (QED) is 0.886. The van der Waals surface area contributed by atoms with Crippen molar-refractivity contribution in [2.24, 2.45) is 0 Å². The van der Waals surface area contributed by atoms with Crippen molar-refractivity contribution >= 4 is 0 Å². The van der Waals surface area contributed by atoms with Crippen LogP contribution in [-0.2, 0) is 0 Å². The maximum absolute atomic E-state index is 3.66. The van der Waals surface area contributed by atoms with Crippen LogP contribution in [-0.4, -0.2) is 37.1 Å². The van der Waals surface area contributed by atoms with Gasteiger partial charge in [0.1, 0.15) is 0 Å². The maximum atomic E-state index is 3.66. The first-order valence-electron chi connectivity index (χ1n) is 8.78. The van der Waals surface area contributed by atoms with E-state index in [0.717, 1.165) is 5.92 Å². The zero-order valence-corrected chi connectivity index (χ0v) is 13.5. The molecule has 1 N–H and O–H groups in total. The van der Waals surface area contributed by atoms with Gasteiger partial charge in [0.2, 0.25) is 0 Å². The maximum Gasteiger partial charge on any atom is 0.0190 e. The Morgan fingerprint density at radius 3 is 2.62 bits per heavy atom. The van der Waals surface area contributed by atoms with Crippen molar-refractivity contribution in [1.82, 2.24) is 10.2 Å². The van der Waals surface area contributed by atoms with Crippen LogP contribution in [0, 0.1) is 0 Å². The van der Waals surface area contributed by atoms with Gasteiger partial charge in [-0.05, 0) is 57.3 Å². The van der Waals surface area contributed by atoms with Gasteiger partial charge >= 0.3 is 0 Å². The average molecular weight is 286 g/mol. The molecule has 2 nitrogen and oxygen atoms in total. The van der Waals surface area contributed by atoms with E-state index in [1.807, 2.05) is 0 Å². The van der Waals surface area contributed by atoms with Crippen LogP contribution in [0.3, 0.4) is 0 Å². The highest BCUT2D eigenvalue weighted by Crippen LogP contribution is 2.32. The first-order chi connectivity index (χ1) is 10.3. The summed E-state index contributed by atoms with van der Waals surface area (Å²) in [5, 5.41) is 3.66. The molecule has 0 bridgehead atoms. The van der Waals surface area contributed by atoms with Gasteiger partial charge in [0.05, 0.1) is 0 Å². The number of likely N-dealkylation sites (tertiary alicyclic amines) is 1. The summed E-state index contributed by atoms with van der Waals surface area (Å²) >= 11 is 0. The molecule has 1 aliphatic carbocycles. The van der Waals surface area contributed by atoms with Crippen LogP contribution in [0.5, 0.6) is 0 Å². The molecule has 0 amide bonds. The topological polar surface area (TPSA) is 15.3 Å². The molecular weight excluding hydrogens is 256 g/mol. The van der Waals surface area contributed by atoms with Gasteiger partial charge in [0.15, 0.2) is 0 Å². The zero-order chi connectivity index (χ0) is 14.5. The van der Waals surface area contributed by atoms with E-state index in [-0.39, 0.29) is 0 Å². The van der Waals surface area contributed by atoms with Gasteiger partial charge in [-0.15, -0.1) is 0 Å². The van der Waals surface area contributed by atoms with Crippen molar-refractivity contribution in [3.63, 3.8) is 0 Å². The lowest BCUT2D eigenvalue weighted by Crippen LogP contribution is -2.46. The molecule has 116 valence electrons. The van der Waals surface area contributed by atoms with Crippen LogP contribution in [0.25, 0.3) is 0 Å². The summed E-state index contributed by atoms with van der Waals surface area (Å²) in [7, 11) is 2.17. The van der Waals surface area contributed by atoms with Gasteiger partial charge < -0.3 is 10.2 Å². The Hall–Kier alpha value is -0.860. The molecular formula is C19H30N2. The van der Waals surface area contributed by atoms with Crippen molar-refractivity contribution < 1.29 is 0 Å². The molecule has 1 unspecified atom stereocenters. The molecule has 1 atom stereocenters. The molecule has 1 heterocycles. The number of benzene rings is 1. The summed E-state index contributed by atoms with van der Waals surface area (Å²) < 4.78 is 0. The summed E-state index contributed by atoms with van der Waals surface area (Å²) in [6.45, 7) is 3.80. The highest BCUT2D eigenvalue weighted by Gasteiger charge is 2.31. The Bertz CT molecular complexity index is 422. The number of rotatable bonds is 5. The number of hydrogen-bond donors (Lipinski definition) is 1. The van der Waals surface area contributed by atoms with Crippen molar-refractivity contribution in [2.75, 3.05) is 26.7 Å². The van der Waals surface area contributed by atoms with Crippen LogP contribution >= 0.6 is 0 Å². The second-order valence-electron chi connectivity index (χ2n) is 7.04. The fourth-order valence-corrected chi connectivity index (χ4v) is 4.26. The molecule has 1 saturated carbocycles. The molecule has 2 fully saturated rings. The predicted molar refractivity (Wildman–Crippen MR) is 89.7 cm³/mol. The molecule has 1 aliphatic heterocycles. The fourth-order valence-electron chi connectivity index (χ4n) is 4.26. The highest BCUT2D eigenvalue weighted by molar-refractivity contribution is 5.21. The highest BCUT2D eigenvalue weighted by atomic mass is 15.1. The molecule has 1 aromatic carbocycles. The van der Waals surface area contributed by atoms with E-state index in [0.29, 0.717) is 5.54 Å². The Morgan fingerprint density at radius 2 is 1.90 bits per heavy atom. The third-order valence-electron chi connectivity index (χ3n) is 5.79. The third-order valence-corrected chi connectivity index (χ3v) is 5.79. The first kappa shape index (κ1) is 15.1.